The average molecular weight is 251 g/mol. The molecule has 0 unspecified atom stereocenters. The zero-order valence-corrected chi connectivity index (χ0v) is 10.6. The molecular weight excluding hydrogens is 234 g/mol. The lowest BCUT2D eigenvalue weighted by Gasteiger charge is -2.07. The zero-order valence-electron chi connectivity index (χ0n) is 10.6. The monoisotopic (exact) mass is 251 g/mol. The van der Waals surface area contributed by atoms with Gasteiger partial charge in [-0.05, 0) is 13.3 Å². The van der Waals surface area contributed by atoms with Gasteiger partial charge >= 0.3 is 0 Å². The van der Waals surface area contributed by atoms with E-state index in [0.29, 0.717) is 18.3 Å². The highest BCUT2D eigenvalue weighted by Crippen LogP contribution is 2.07. The minimum atomic E-state index is 0.474. The summed E-state index contributed by atoms with van der Waals surface area (Å²) < 4.78 is 12.1. The maximum Gasteiger partial charge on any atom is 0.246 e. The van der Waals surface area contributed by atoms with E-state index in [1.165, 1.54) is 0 Å². The number of hydrogen-bond donors (Lipinski definition) is 1. The number of anilines is 1. The van der Waals surface area contributed by atoms with E-state index < -0.39 is 0 Å². The second-order valence-corrected chi connectivity index (χ2v) is 3.88. The van der Waals surface area contributed by atoms with Crippen molar-refractivity contribution >= 4 is 5.95 Å². The Hall–Kier alpha value is -1.89. The van der Waals surface area contributed by atoms with Gasteiger partial charge in [0.25, 0.3) is 0 Å². The van der Waals surface area contributed by atoms with Crippen LogP contribution in [0.15, 0.2) is 16.9 Å². The highest BCUT2D eigenvalue weighted by molar-refractivity contribution is 5.25. The summed E-state index contributed by atoms with van der Waals surface area (Å²) in [6.07, 6.45) is 4.63. The van der Waals surface area contributed by atoms with Gasteiger partial charge in [0.05, 0.1) is 6.54 Å². The van der Waals surface area contributed by atoms with Crippen LogP contribution in [0.3, 0.4) is 0 Å². The summed E-state index contributed by atoms with van der Waals surface area (Å²) in [7, 11) is 1.70. The minimum absolute atomic E-state index is 0.474. The number of ether oxygens (including phenoxy) is 1. The lowest BCUT2D eigenvalue weighted by molar-refractivity contribution is 0.190. The van der Waals surface area contributed by atoms with Crippen molar-refractivity contribution < 1.29 is 9.26 Å². The van der Waals surface area contributed by atoms with Crippen LogP contribution in [0.5, 0.6) is 0 Å². The first-order valence-electron chi connectivity index (χ1n) is 5.82. The largest absolute Gasteiger partial charge is 0.385 e. The van der Waals surface area contributed by atoms with E-state index in [2.05, 4.69) is 20.4 Å². The summed E-state index contributed by atoms with van der Waals surface area (Å²) in [6.45, 7) is 3.86. The maximum atomic E-state index is 5.02. The molecule has 0 saturated heterocycles. The third-order valence-corrected chi connectivity index (χ3v) is 2.43. The van der Waals surface area contributed by atoms with Gasteiger partial charge in [0.1, 0.15) is 0 Å². The molecule has 2 aromatic rings. The second kappa shape index (κ2) is 6.15. The molecule has 0 atom stereocenters. The van der Waals surface area contributed by atoms with E-state index in [-0.39, 0.29) is 0 Å². The quantitative estimate of drug-likeness (QED) is 0.745. The molecule has 0 aliphatic carbocycles. The van der Waals surface area contributed by atoms with Crippen molar-refractivity contribution in [2.75, 3.05) is 19.0 Å². The fourth-order valence-electron chi connectivity index (χ4n) is 1.60. The Balaban J connectivity index is 1.87. The van der Waals surface area contributed by atoms with E-state index in [4.69, 9.17) is 9.26 Å². The topological polar surface area (TPSA) is 78.0 Å². The first-order valence-corrected chi connectivity index (χ1v) is 5.82. The van der Waals surface area contributed by atoms with Crippen molar-refractivity contribution in [2.45, 2.75) is 26.4 Å². The standard InChI is InChI=1S/C11H17N5O2/c1-9-14-10(18-15-9)8-13-11-12-4-6-16(11)5-3-7-17-2/h4,6H,3,5,7-8H2,1-2H3,(H,12,13). The Morgan fingerprint density at radius 2 is 2.39 bits per heavy atom. The van der Waals surface area contributed by atoms with E-state index in [1.54, 1.807) is 20.2 Å². The molecular formula is C11H17N5O2. The molecule has 0 aromatic carbocycles. The number of aryl methyl sites for hydroxylation is 2. The molecule has 98 valence electrons. The van der Waals surface area contributed by atoms with Crippen molar-refractivity contribution in [1.29, 1.82) is 0 Å². The van der Waals surface area contributed by atoms with Crippen molar-refractivity contribution in [1.82, 2.24) is 19.7 Å². The average Bonchev–Trinajstić information content (AvgIpc) is 2.96. The van der Waals surface area contributed by atoms with Crippen molar-refractivity contribution in [3.8, 4) is 0 Å². The molecule has 1 N–H and O–H groups in total. The smallest absolute Gasteiger partial charge is 0.246 e. The van der Waals surface area contributed by atoms with E-state index >= 15 is 0 Å². The molecule has 2 rings (SSSR count). The molecule has 0 amide bonds. The number of rotatable bonds is 7. The molecule has 0 spiro atoms. The van der Waals surface area contributed by atoms with Crippen LogP contribution in [-0.4, -0.2) is 33.4 Å². The van der Waals surface area contributed by atoms with E-state index in [9.17, 15) is 0 Å². The van der Waals surface area contributed by atoms with E-state index in [0.717, 1.165) is 25.5 Å². The number of nitrogens with zero attached hydrogens (tertiary/aromatic N) is 4. The molecule has 2 heterocycles. The molecule has 0 aliphatic rings. The SMILES string of the molecule is COCCCn1ccnc1NCc1nc(C)no1. The highest BCUT2D eigenvalue weighted by atomic mass is 16.5. The maximum absolute atomic E-state index is 5.02. The molecule has 7 heteroatoms. The first kappa shape index (κ1) is 12.6. The molecule has 0 aliphatic heterocycles. The Labute approximate surface area is 105 Å². The minimum Gasteiger partial charge on any atom is -0.385 e. The molecule has 0 bridgehead atoms. The molecule has 7 nitrogen and oxygen atoms in total. The van der Waals surface area contributed by atoms with Crippen molar-refractivity contribution in [3.05, 3.63) is 24.1 Å². The lowest BCUT2D eigenvalue weighted by atomic mass is 10.4. The molecule has 0 saturated carbocycles. The third kappa shape index (κ3) is 3.30. The van der Waals surface area contributed by atoms with Gasteiger partial charge in [-0.15, -0.1) is 0 Å². The highest BCUT2D eigenvalue weighted by Gasteiger charge is 2.05. The number of methoxy groups -OCH3 is 1. The van der Waals surface area contributed by atoms with E-state index in [1.807, 2.05) is 10.8 Å². The van der Waals surface area contributed by atoms with Gasteiger partial charge in [0.2, 0.25) is 11.8 Å². The van der Waals surface area contributed by atoms with Gasteiger partial charge in [-0.1, -0.05) is 5.16 Å². The van der Waals surface area contributed by atoms with Crippen LogP contribution in [0, 0.1) is 6.92 Å². The van der Waals surface area contributed by atoms with Gasteiger partial charge in [-0.2, -0.15) is 4.98 Å². The number of nitrogens with one attached hydrogen (secondary N) is 1. The lowest BCUT2D eigenvalue weighted by Crippen LogP contribution is -2.08. The normalized spacial score (nSPS) is 10.8. The van der Waals surface area contributed by atoms with Gasteiger partial charge in [-0.25, -0.2) is 4.98 Å². The van der Waals surface area contributed by atoms with Crippen LogP contribution >= 0.6 is 0 Å². The summed E-state index contributed by atoms with van der Waals surface area (Å²) in [5.41, 5.74) is 0. The van der Waals surface area contributed by atoms with Gasteiger partial charge in [-0.3, -0.25) is 0 Å². The van der Waals surface area contributed by atoms with Crippen LogP contribution in [0.25, 0.3) is 0 Å². The number of hydrogen-bond acceptors (Lipinski definition) is 6. The number of imidazole rings is 1. The van der Waals surface area contributed by atoms with Crippen LogP contribution in [0.4, 0.5) is 5.95 Å². The van der Waals surface area contributed by atoms with Gasteiger partial charge < -0.3 is 19.1 Å². The predicted molar refractivity (Wildman–Crippen MR) is 65.1 cm³/mol. The summed E-state index contributed by atoms with van der Waals surface area (Å²) in [5.74, 6) is 1.98. The number of aromatic nitrogens is 4. The first-order chi connectivity index (χ1) is 8.79. The van der Waals surface area contributed by atoms with Crippen LogP contribution in [-0.2, 0) is 17.8 Å². The van der Waals surface area contributed by atoms with Gasteiger partial charge in [0.15, 0.2) is 5.82 Å². The molecule has 0 fully saturated rings. The van der Waals surface area contributed by atoms with Crippen LogP contribution in [0.2, 0.25) is 0 Å². The zero-order chi connectivity index (χ0) is 12.8. The Kier molecular flexibility index (Phi) is 4.30. The van der Waals surface area contributed by atoms with Crippen molar-refractivity contribution in [2.24, 2.45) is 0 Å². The Morgan fingerprint density at radius 3 is 3.11 bits per heavy atom. The molecule has 2 aromatic heterocycles. The van der Waals surface area contributed by atoms with Crippen LogP contribution < -0.4 is 5.32 Å². The molecule has 0 radical (unpaired) electrons. The molecule has 18 heavy (non-hydrogen) atoms. The summed E-state index contributed by atoms with van der Waals surface area (Å²) in [4.78, 5) is 8.36. The van der Waals surface area contributed by atoms with Crippen LogP contribution in [0.1, 0.15) is 18.1 Å². The fourth-order valence-corrected chi connectivity index (χ4v) is 1.60. The summed E-state index contributed by atoms with van der Waals surface area (Å²) in [5, 5.41) is 6.89. The summed E-state index contributed by atoms with van der Waals surface area (Å²) >= 11 is 0. The Morgan fingerprint density at radius 1 is 1.50 bits per heavy atom. The van der Waals surface area contributed by atoms with Gasteiger partial charge in [0, 0.05) is 32.7 Å². The Bertz CT molecular complexity index is 479. The summed E-state index contributed by atoms with van der Waals surface area (Å²) in [6, 6.07) is 0. The third-order valence-electron chi connectivity index (χ3n) is 2.43. The second-order valence-electron chi connectivity index (χ2n) is 3.88. The van der Waals surface area contributed by atoms with Crippen molar-refractivity contribution in [3.63, 3.8) is 0 Å². The predicted octanol–water partition coefficient (Wildman–Crippen LogP) is 1.22. The fraction of sp³-hybridized carbons (Fsp3) is 0.545.